The maximum atomic E-state index is 14.5. The van der Waals surface area contributed by atoms with Gasteiger partial charge in [-0.15, -0.1) is 0 Å². The Morgan fingerprint density at radius 1 is 0.734 bits per heavy atom. The quantitative estimate of drug-likeness (QED) is 0.0668. The number of hydrogen-bond acceptors (Lipinski definition) is 10. The van der Waals surface area contributed by atoms with Gasteiger partial charge in [0.2, 0.25) is 11.8 Å². The van der Waals surface area contributed by atoms with Gasteiger partial charge in [-0.2, -0.15) is 0 Å². The number of methoxy groups -OCH3 is 1. The third kappa shape index (κ3) is 17.5. The zero-order valence-electron chi connectivity index (χ0n) is 40.2. The van der Waals surface area contributed by atoms with Crippen molar-refractivity contribution in [2.75, 3.05) is 13.7 Å². The molecule has 0 saturated carbocycles. The number of alkyl carbamates (subject to hydrolysis) is 1. The zero-order valence-corrected chi connectivity index (χ0v) is 40.2. The second-order valence-corrected chi connectivity index (χ2v) is 20.3. The number of hydrogen-bond donors (Lipinski definition) is 4. The molecule has 3 aromatic rings. The van der Waals surface area contributed by atoms with Gasteiger partial charge >= 0.3 is 12.1 Å². The Bertz CT molecular complexity index is 2000. The molecule has 4 amide bonds. The highest BCUT2D eigenvalue weighted by Crippen LogP contribution is 2.30. The number of nitrogens with one attached hydrogen (secondary N) is 4. The van der Waals surface area contributed by atoms with Crippen LogP contribution >= 0.6 is 0 Å². The van der Waals surface area contributed by atoms with Crippen LogP contribution in [0.5, 0.6) is 0 Å². The first-order valence-electron chi connectivity index (χ1n) is 22.0. The highest BCUT2D eigenvalue weighted by molar-refractivity contribution is 5.87. The number of aromatic nitrogens is 1. The molecule has 0 fully saturated rings. The van der Waals surface area contributed by atoms with E-state index < -0.39 is 64.9 Å². The Hall–Kier alpha value is -5.63. The fraction of sp³-hybridized carbons (Fsp3) is 0.540. The summed E-state index contributed by atoms with van der Waals surface area (Å²) in [5, 5.41) is 10.3. The van der Waals surface area contributed by atoms with E-state index in [0.29, 0.717) is 0 Å². The summed E-state index contributed by atoms with van der Waals surface area (Å²) in [6.07, 6.45) is 0.105. The van der Waals surface area contributed by atoms with E-state index in [-0.39, 0.29) is 55.4 Å². The first kappa shape index (κ1) is 52.7. The third-order valence-corrected chi connectivity index (χ3v) is 10.7. The molecule has 3 rings (SSSR count). The van der Waals surface area contributed by atoms with Gasteiger partial charge < -0.3 is 30.2 Å². The number of esters is 1. The first-order chi connectivity index (χ1) is 29.8. The molecule has 14 heteroatoms. The van der Waals surface area contributed by atoms with Gasteiger partial charge in [0.25, 0.3) is 5.91 Å². The van der Waals surface area contributed by atoms with Gasteiger partial charge in [0.1, 0.15) is 24.0 Å². The van der Waals surface area contributed by atoms with E-state index in [4.69, 9.17) is 9.47 Å². The number of ether oxygens (including phenoxy) is 2. The molecule has 0 spiro atoms. The molecule has 0 aliphatic rings. The smallest absolute Gasteiger partial charge is 0.407 e. The van der Waals surface area contributed by atoms with Gasteiger partial charge in [-0.25, -0.2) is 14.6 Å². The van der Waals surface area contributed by atoms with Crippen molar-refractivity contribution in [1.82, 2.24) is 31.4 Å². The molecular weight excluding hydrogens is 813 g/mol. The summed E-state index contributed by atoms with van der Waals surface area (Å²) in [6, 6.07) is 19.6. The van der Waals surface area contributed by atoms with Crippen LogP contribution in [-0.2, 0) is 46.4 Å². The molecule has 14 nitrogen and oxygen atoms in total. The summed E-state index contributed by atoms with van der Waals surface area (Å²) >= 11 is 0. The van der Waals surface area contributed by atoms with Gasteiger partial charge in [0.05, 0.1) is 25.4 Å². The minimum absolute atomic E-state index is 0.00879. The highest BCUT2D eigenvalue weighted by Gasteiger charge is 2.39. The van der Waals surface area contributed by atoms with Crippen molar-refractivity contribution in [2.24, 2.45) is 28.1 Å². The van der Waals surface area contributed by atoms with Gasteiger partial charge in [-0.1, -0.05) is 137 Å². The second-order valence-electron chi connectivity index (χ2n) is 20.3. The summed E-state index contributed by atoms with van der Waals surface area (Å²) in [5.41, 5.74) is 4.50. The number of pyridine rings is 1. The predicted molar refractivity (Wildman–Crippen MR) is 248 cm³/mol. The van der Waals surface area contributed by atoms with Crippen molar-refractivity contribution in [3.8, 4) is 11.3 Å². The minimum atomic E-state index is -1.16. The van der Waals surface area contributed by atoms with Gasteiger partial charge in [0, 0.05) is 37.1 Å². The standard InChI is InChI=1S/C50H72N6O8/c1-32(2)42(53-41(58)29-48(4,5)6)46(61)64-40(39(28-34-19-15-14-16-20-34)52-44(59)37(27-33(3)57)49(7,8)9)31-56(55-45(60)43(50(10,11)12)54-47(62)63-13)30-35-22-24-36(25-23-35)38-21-17-18-26-51-38/h14-26,32,37,39-40,42-43H,27-31H2,1-13H3,(H,52,59)(H,53,58)(H,54,62)(H,55,60)/t37-,39?,40-,42?,43-/m0/s1. The number of hydrazine groups is 1. The monoisotopic (exact) mass is 885 g/mol. The summed E-state index contributed by atoms with van der Waals surface area (Å²) in [7, 11) is 1.21. The molecule has 0 aliphatic carbocycles. The molecule has 5 atom stereocenters. The lowest BCUT2D eigenvalue weighted by atomic mass is 9.77. The number of ketones is 1. The number of amides is 4. The second kappa shape index (κ2) is 23.3. The molecule has 2 aromatic carbocycles. The first-order valence-corrected chi connectivity index (χ1v) is 22.0. The normalized spacial score (nSPS) is 14.4. The van der Waals surface area contributed by atoms with E-state index in [1.807, 2.05) is 114 Å². The molecule has 0 aliphatic heterocycles. The highest BCUT2D eigenvalue weighted by atomic mass is 16.5. The number of rotatable bonds is 20. The predicted octanol–water partition coefficient (Wildman–Crippen LogP) is 7.21. The summed E-state index contributed by atoms with van der Waals surface area (Å²) in [6.45, 7) is 21.8. The van der Waals surface area contributed by atoms with Crippen LogP contribution in [0.2, 0.25) is 0 Å². The molecule has 64 heavy (non-hydrogen) atoms. The number of carbonyl (C=O) groups excluding carboxylic acids is 6. The Kier molecular flexibility index (Phi) is 19.2. The number of Topliss-reactive ketones (excluding diaryl/α,β-unsaturated/α-hetero) is 1. The average Bonchev–Trinajstić information content (AvgIpc) is 3.19. The van der Waals surface area contributed by atoms with Crippen molar-refractivity contribution in [3.05, 3.63) is 90.1 Å². The summed E-state index contributed by atoms with van der Waals surface area (Å²) in [4.78, 5) is 86.2. The van der Waals surface area contributed by atoms with Crippen LogP contribution in [0.25, 0.3) is 11.3 Å². The topological polar surface area (TPSA) is 185 Å². The molecule has 0 radical (unpaired) electrons. The lowest BCUT2D eigenvalue weighted by Gasteiger charge is -2.37. The van der Waals surface area contributed by atoms with Crippen molar-refractivity contribution >= 4 is 35.6 Å². The van der Waals surface area contributed by atoms with Crippen molar-refractivity contribution in [2.45, 2.75) is 133 Å². The number of carbonyl (C=O) groups is 6. The van der Waals surface area contributed by atoms with Gasteiger partial charge in [-0.05, 0) is 58.8 Å². The Labute approximate surface area is 380 Å². The van der Waals surface area contributed by atoms with Crippen LogP contribution in [-0.4, -0.2) is 83.4 Å². The van der Waals surface area contributed by atoms with Crippen molar-refractivity contribution in [1.29, 1.82) is 0 Å². The fourth-order valence-electron chi connectivity index (χ4n) is 7.15. The number of benzene rings is 2. The van der Waals surface area contributed by atoms with E-state index in [1.54, 1.807) is 45.8 Å². The van der Waals surface area contributed by atoms with Gasteiger partial charge in [0.15, 0.2) is 0 Å². The van der Waals surface area contributed by atoms with Crippen LogP contribution in [0.3, 0.4) is 0 Å². The SMILES string of the molecule is COC(=O)N[C@@H](C(=O)NN(Cc1ccc(-c2ccccn2)cc1)C[C@H](OC(=O)C(NC(=O)CC(C)(C)C)C(C)C)C(Cc1ccccc1)NC(=O)[C@H](CC(C)=O)C(C)(C)C)C(C)(C)C. The van der Waals surface area contributed by atoms with Crippen LogP contribution < -0.4 is 21.4 Å². The molecule has 2 unspecified atom stereocenters. The lowest BCUT2D eigenvalue weighted by molar-refractivity contribution is -0.159. The van der Waals surface area contributed by atoms with Crippen LogP contribution in [0.15, 0.2) is 79.0 Å². The summed E-state index contributed by atoms with van der Waals surface area (Å²) < 4.78 is 11.4. The van der Waals surface area contributed by atoms with Gasteiger partial charge in [-0.3, -0.25) is 24.8 Å². The Balaban J connectivity index is 2.23. The maximum Gasteiger partial charge on any atom is 0.407 e. The minimum Gasteiger partial charge on any atom is -0.457 e. The van der Waals surface area contributed by atoms with E-state index in [0.717, 1.165) is 22.4 Å². The maximum absolute atomic E-state index is 14.5. The number of nitrogens with zero attached hydrogens (tertiary/aromatic N) is 2. The summed E-state index contributed by atoms with van der Waals surface area (Å²) in [5.74, 6) is -3.28. The average molecular weight is 885 g/mol. The van der Waals surface area contributed by atoms with Crippen molar-refractivity contribution < 1.29 is 38.2 Å². The van der Waals surface area contributed by atoms with Crippen LogP contribution in [0, 0.1) is 28.1 Å². The van der Waals surface area contributed by atoms with E-state index in [1.165, 1.54) is 14.0 Å². The van der Waals surface area contributed by atoms with E-state index in [9.17, 15) is 28.8 Å². The third-order valence-electron chi connectivity index (χ3n) is 10.7. The largest absolute Gasteiger partial charge is 0.457 e. The Morgan fingerprint density at radius 3 is 1.88 bits per heavy atom. The van der Waals surface area contributed by atoms with Crippen LogP contribution in [0.4, 0.5) is 4.79 Å². The Morgan fingerprint density at radius 2 is 1.36 bits per heavy atom. The van der Waals surface area contributed by atoms with Crippen LogP contribution in [0.1, 0.15) is 107 Å². The molecule has 0 saturated heterocycles. The molecule has 0 bridgehead atoms. The van der Waals surface area contributed by atoms with E-state index >= 15 is 0 Å². The lowest BCUT2D eigenvalue weighted by Crippen LogP contribution is -2.60. The molecule has 1 heterocycles. The molecule has 350 valence electrons. The molecule has 1 aromatic heterocycles. The van der Waals surface area contributed by atoms with Crippen molar-refractivity contribution in [3.63, 3.8) is 0 Å². The zero-order chi connectivity index (χ0) is 48.0. The fourth-order valence-corrected chi connectivity index (χ4v) is 7.15. The molecule has 4 N–H and O–H groups in total. The van der Waals surface area contributed by atoms with E-state index in [2.05, 4.69) is 26.4 Å². The molecular formula is C50H72N6O8.